The average Bonchev–Trinajstić information content (AvgIpc) is 2.93. The lowest BCUT2D eigenvalue weighted by Gasteiger charge is -2.20. The van der Waals surface area contributed by atoms with Crippen LogP contribution < -0.4 is 0 Å². The highest BCUT2D eigenvalue weighted by Crippen LogP contribution is 2.26. The predicted molar refractivity (Wildman–Crippen MR) is 172 cm³/mol. The van der Waals surface area contributed by atoms with E-state index >= 15 is 0 Å². The number of hydrogen-bond donors (Lipinski definition) is 2. The first-order valence-corrected chi connectivity index (χ1v) is 17.3. The van der Waals surface area contributed by atoms with Crippen molar-refractivity contribution in [1.82, 2.24) is 0 Å². The summed E-state index contributed by atoms with van der Waals surface area (Å²) in [6, 6.07) is 0. The maximum atomic E-state index is 11.9. The zero-order valence-corrected chi connectivity index (χ0v) is 26.6. The fraction of sp³-hybridized carbons (Fsp3) is 0.833. The number of aliphatic carboxylic acids is 2. The van der Waals surface area contributed by atoms with Crippen LogP contribution in [0.25, 0.3) is 0 Å². The minimum Gasteiger partial charge on any atom is -0.481 e. The number of hydrogen-bond acceptors (Lipinski definition) is 2. The van der Waals surface area contributed by atoms with Crippen LogP contribution in [0.2, 0.25) is 0 Å². The molecule has 40 heavy (non-hydrogen) atoms. The maximum absolute atomic E-state index is 11.9. The van der Waals surface area contributed by atoms with Gasteiger partial charge in [-0.25, -0.2) is 0 Å². The molecule has 2 unspecified atom stereocenters. The smallest absolute Gasteiger partial charge is 0.307 e. The topological polar surface area (TPSA) is 74.6 Å². The van der Waals surface area contributed by atoms with Gasteiger partial charge in [0.2, 0.25) is 0 Å². The van der Waals surface area contributed by atoms with Crippen molar-refractivity contribution >= 4 is 11.9 Å². The van der Waals surface area contributed by atoms with E-state index in [9.17, 15) is 19.8 Å². The molecule has 0 aromatic heterocycles. The van der Waals surface area contributed by atoms with E-state index in [4.69, 9.17) is 0 Å². The Balaban J connectivity index is 3.93. The van der Waals surface area contributed by atoms with Gasteiger partial charge in [-0.15, -0.1) is 0 Å². The Labute approximate surface area is 248 Å². The van der Waals surface area contributed by atoms with Gasteiger partial charge in [-0.2, -0.15) is 0 Å². The van der Waals surface area contributed by atoms with Crippen LogP contribution in [0.15, 0.2) is 24.3 Å². The first kappa shape index (κ1) is 38.4. The zero-order chi connectivity index (χ0) is 29.5. The quantitative estimate of drug-likeness (QED) is 0.0651. The molecule has 2 atom stereocenters. The third-order valence-corrected chi connectivity index (χ3v) is 8.17. The van der Waals surface area contributed by atoms with Crippen LogP contribution >= 0.6 is 0 Å². The molecule has 0 spiro atoms. The van der Waals surface area contributed by atoms with E-state index in [1.807, 2.05) is 0 Å². The van der Waals surface area contributed by atoms with Crippen molar-refractivity contribution < 1.29 is 19.8 Å². The zero-order valence-electron chi connectivity index (χ0n) is 26.6. The lowest BCUT2D eigenvalue weighted by atomic mass is 9.84. The Hall–Kier alpha value is -1.58. The molecular formula is C36H66O4. The number of carboxylic acid groups (broad SMARTS) is 2. The normalized spacial score (nSPS) is 13.3. The number of unbranched alkanes of at least 4 members (excludes halogenated alkanes) is 20. The third kappa shape index (κ3) is 25.4. The van der Waals surface area contributed by atoms with Crippen molar-refractivity contribution in [2.75, 3.05) is 0 Å². The molecule has 0 aromatic rings. The summed E-state index contributed by atoms with van der Waals surface area (Å²) in [4.78, 5) is 23.8. The van der Waals surface area contributed by atoms with Crippen LogP contribution in [0.3, 0.4) is 0 Å². The van der Waals surface area contributed by atoms with Gasteiger partial charge < -0.3 is 10.2 Å². The lowest BCUT2D eigenvalue weighted by molar-refractivity contribution is -0.154. The molecule has 0 aliphatic carbocycles. The van der Waals surface area contributed by atoms with Gasteiger partial charge in [0.05, 0.1) is 11.8 Å². The molecule has 4 heteroatoms. The summed E-state index contributed by atoms with van der Waals surface area (Å²) in [5.74, 6) is -3.42. The van der Waals surface area contributed by atoms with Crippen LogP contribution in [0.4, 0.5) is 0 Å². The fourth-order valence-corrected chi connectivity index (χ4v) is 5.51. The van der Waals surface area contributed by atoms with Crippen LogP contribution in [0.1, 0.15) is 181 Å². The van der Waals surface area contributed by atoms with Crippen molar-refractivity contribution in [2.45, 2.75) is 181 Å². The first-order chi connectivity index (χ1) is 19.5. The second-order valence-corrected chi connectivity index (χ2v) is 11.9. The standard InChI is InChI=1S/C36H66O4/c1-3-5-7-9-11-13-15-17-19-21-23-25-27-29-31-33(35(37)38)34(36(39)40)32-30-28-26-24-22-20-18-16-14-12-10-8-6-4-2/h17-20,33-34H,3-16,21-32H2,1-2H3,(H,37,38)(H,39,40)/b19-17-,20-18+. The number of allylic oxidation sites excluding steroid dienone is 4. The molecule has 0 saturated carbocycles. The molecule has 0 radical (unpaired) electrons. The van der Waals surface area contributed by atoms with E-state index < -0.39 is 23.8 Å². The van der Waals surface area contributed by atoms with Crippen molar-refractivity contribution in [1.29, 1.82) is 0 Å². The van der Waals surface area contributed by atoms with Gasteiger partial charge in [0, 0.05) is 0 Å². The summed E-state index contributed by atoms with van der Waals surface area (Å²) in [6.45, 7) is 4.50. The van der Waals surface area contributed by atoms with Gasteiger partial charge in [0.15, 0.2) is 0 Å². The van der Waals surface area contributed by atoms with Crippen molar-refractivity contribution in [3.05, 3.63) is 24.3 Å². The largest absolute Gasteiger partial charge is 0.481 e. The van der Waals surface area contributed by atoms with E-state index in [1.165, 1.54) is 89.9 Å². The van der Waals surface area contributed by atoms with Crippen LogP contribution in [0.5, 0.6) is 0 Å². The molecule has 4 nitrogen and oxygen atoms in total. The molecule has 0 amide bonds. The van der Waals surface area contributed by atoms with E-state index in [0.717, 1.165) is 64.2 Å². The van der Waals surface area contributed by atoms with Crippen LogP contribution in [-0.4, -0.2) is 22.2 Å². The maximum Gasteiger partial charge on any atom is 0.307 e. The van der Waals surface area contributed by atoms with Gasteiger partial charge in [0.1, 0.15) is 0 Å². The molecule has 234 valence electrons. The van der Waals surface area contributed by atoms with Gasteiger partial charge in [0.25, 0.3) is 0 Å². The summed E-state index contributed by atoms with van der Waals surface area (Å²) >= 11 is 0. The summed E-state index contributed by atoms with van der Waals surface area (Å²) in [6.07, 6.45) is 38.7. The van der Waals surface area contributed by atoms with E-state index in [2.05, 4.69) is 38.2 Å². The van der Waals surface area contributed by atoms with Crippen molar-refractivity contribution in [2.24, 2.45) is 11.8 Å². The summed E-state index contributed by atoms with van der Waals surface area (Å²) < 4.78 is 0. The van der Waals surface area contributed by atoms with Crippen molar-refractivity contribution in [3.63, 3.8) is 0 Å². The molecule has 0 saturated heterocycles. The lowest BCUT2D eigenvalue weighted by Crippen LogP contribution is -2.30. The highest BCUT2D eigenvalue weighted by molar-refractivity contribution is 5.79. The molecule has 0 fully saturated rings. The minimum absolute atomic E-state index is 0.476. The number of carboxylic acids is 2. The monoisotopic (exact) mass is 562 g/mol. The second-order valence-electron chi connectivity index (χ2n) is 11.9. The highest BCUT2D eigenvalue weighted by Gasteiger charge is 2.32. The molecule has 0 aliphatic heterocycles. The molecule has 0 aromatic carbocycles. The summed E-state index contributed by atoms with van der Waals surface area (Å²) in [5, 5.41) is 19.5. The van der Waals surface area contributed by atoms with Crippen LogP contribution in [0, 0.1) is 11.8 Å². The fourth-order valence-electron chi connectivity index (χ4n) is 5.51. The predicted octanol–water partition coefficient (Wildman–Crippen LogP) is 11.7. The second kappa shape index (κ2) is 30.4. The van der Waals surface area contributed by atoms with E-state index in [1.54, 1.807) is 0 Å². The Kier molecular flexibility index (Phi) is 29.2. The molecular weight excluding hydrogens is 496 g/mol. The first-order valence-electron chi connectivity index (χ1n) is 17.3. The van der Waals surface area contributed by atoms with Crippen LogP contribution in [-0.2, 0) is 9.59 Å². The molecule has 2 N–H and O–H groups in total. The summed E-state index contributed by atoms with van der Waals surface area (Å²) in [7, 11) is 0. The minimum atomic E-state index is -0.944. The van der Waals surface area contributed by atoms with Gasteiger partial charge in [-0.05, 0) is 64.2 Å². The summed E-state index contributed by atoms with van der Waals surface area (Å²) in [5.41, 5.74) is 0. The molecule has 0 rings (SSSR count). The van der Waals surface area contributed by atoms with E-state index in [-0.39, 0.29) is 0 Å². The molecule has 0 heterocycles. The molecule has 0 aliphatic rings. The highest BCUT2D eigenvalue weighted by atomic mass is 16.4. The molecule has 0 bridgehead atoms. The Morgan fingerprint density at radius 3 is 0.950 bits per heavy atom. The van der Waals surface area contributed by atoms with E-state index in [0.29, 0.717) is 12.8 Å². The number of rotatable bonds is 31. The van der Waals surface area contributed by atoms with Gasteiger partial charge in [-0.1, -0.05) is 141 Å². The third-order valence-electron chi connectivity index (χ3n) is 8.17. The van der Waals surface area contributed by atoms with Gasteiger partial charge in [-0.3, -0.25) is 9.59 Å². The van der Waals surface area contributed by atoms with Crippen molar-refractivity contribution in [3.8, 4) is 0 Å². The van der Waals surface area contributed by atoms with Gasteiger partial charge >= 0.3 is 11.9 Å². The Morgan fingerprint density at radius 2 is 0.675 bits per heavy atom. The Morgan fingerprint density at radius 1 is 0.425 bits per heavy atom. The SMILES string of the molecule is CCCCCCCC/C=C\CCCCCCC(C(=O)O)C(CCCCCC/C=C/CCCCCCCC)C(=O)O. The number of carbonyl (C=O) groups is 2. The average molecular weight is 563 g/mol. The Bertz CT molecular complexity index is 570.